The lowest BCUT2D eigenvalue weighted by Gasteiger charge is -2.40. The Hall–Kier alpha value is -1.22. The standard InChI is InChI=1S/C15H23N3/c1-16(2)14-7-3-4-8-15(14)18-11-10-17-9-5-6-13(17)12-18/h3-4,7-8,13H,5-6,9-12H2,1-2H3. The van der Waals surface area contributed by atoms with E-state index in [0.717, 1.165) is 6.04 Å². The predicted octanol–water partition coefficient (Wildman–Crippen LogP) is 2.04. The van der Waals surface area contributed by atoms with Crippen LogP contribution in [-0.4, -0.2) is 51.2 Å². The Kier molecular flexibility index (Phi) is 3.16. The Bertz CT molecular complexity index is 416. The molecule has 2 aliphatic heterocycles. The van der Waals surface area contributed by atoms with Gasteiger partial charge in [0.15, 0.2) is 0 Å². The van der Waals surface area contributed by atoms with E-state index in [1.54, 1.807) is 0 Å². The second kappa shape index (κ2) is 4.81. The Morgan fingerprint density at radius 2 is 1.94 bits per heavy atom. The SMILES string of the molecule is CN(C)c1ccccc1N1CCN2CCCC2C1. The van der Waals surface area contributed by atoms with Crippen LogP contribution in [0.2, 0.25) is 0 Å². The van der Waals surface area contributed by atoms with Gasteiger partial charge in [0, 0.05) is 39.8 Å². The number of piperazine rings is 1. The first kappa shape index (κ1) is 11.8. The maximum atomic E-state index is 2.66. The van der Waals surface area contributed by atoms with Crippen LogP contribution in [0, 0.1) is 0 Å². The minimum absolute atomic E-state index is 0.786. The van der Waals surface area contributed by atoms with E-state index in [2.05, 4.69) is 53.1 Å². The third-order valence-corrected chi connectivity index (χ3v) is 4.29. The summed E-state index contributed by atoms with van der Waals surface area (Å²) in [6.45, 7) is 4.91. The second-order valence-electron chi connectivity index (χ2n) is 5.66. The summed E-state index contributed by atoms with van der Waals surface area (Å²) in [5.41, 5.74) is 2.73. The van der Waals surface area contributed by atoms with Crippen LogP contribution in [0.25, 0.3) is 0 Å². The number of anilines is 2. The van der Waals surface area contributed by atoms with Crippen molar-refractivity contribution in [1.82, 2.24) is 4.90 Å². The summed E-state index contributed by atoms with van der Waals surface area (Å²) in [5.74, 6) is 0. The number of rotatable bonds is 2. The first-order valence-electron chi connectivity index (χ1n) is 7.01. The van der Waals surface area contributed by atoms with Gasteiger partial charge >= 0.3 is 0 Å². The van der Waals surface area contributed by atoms with Crippen molar-refractivity contribution in [1.29, 1.82) is 0 Å². The van der Waals surface area contributed by atoms with E-state index in [-0.39, 0.29) is 0 Å². The van der Waals surface area contributed by atoms with Gasteiger partial charge in [0.2, 0.25) is 0 Å². The highest BCUT2D eigenvalue weighted by atomic mass is 15.3. The molecular weight excluding hydrogens is 222 g/mol. The normalized spacial score (nSPS) is 24.1. The van der Waals surface area contributed by atoms with Crippen molar-refractivity contribution in [3.8, 4) is 0 Å². The zero-order chi connectivity index (χ0) is 12.5. The van der Waals surface area contributed by atoms with E-state index < -0.39 is 0 Å². The topological polar surface area (TPSA) is 9.72 Å². The molecule has 0 bridgehead atoms. The van der Waals surface area contributed by atoms with Gasteiger partial charge in [0.05, 0.1) is 11.4 Å². The number of nitrogens with zero attached hydrogens (tertiary/aromatic N) is 3. The van der Waals surface area contributed by atoms with Crippen LogP contribution in [0.3, 0.4) is 0 Å². The molecule has 18 heavy (non-hydrogen) atoms. The average Bonchev–Trinajstić information content (AvgIpc) is 2.85. The fourth-order valence-corrected chi connectivity index (χ4v) is 3.32. The molecule has 2 saturated heterocycles. The van der Waals surface area contributed by atoms with E-state index in [0.29, 0.717) is 0 Å². The molecule has 0 radical (unpaired) electrons. The third-order valence-electron chi connectivity index (χ3n) is 4.29. The number of hydrogen-bond donors (Lipinski definition) is 0. The Balaban J connectivity index is 1.82. The van der Waals surface area contributed by atoms with Crippen LogP contribution in [-0.2, 0) is 0 Å². The molecule has 98 valence electrons. The summed E-state index contributed by atoms with van der Waals surface area (Å²) >= 11 is 0. The van der Waals surface area contributed by atoms with Gasteiger partial charge < -0.3 is 9.80 Å². The molecule has 0 aliphatic carbocycles. The highest BCUT2D eigenvalue weighted by Gasteiger charge is 2.31. The van der Waals surface area contributed by atoms with Gasteiger partial charge in [-0.1, -0.05) is 12.1 Å². The van der Waals surface area contributed by atoms with Crippen molar-refractivity contribution in [3.05, 3.63) is 24.3 Å². The maximum absolute atomic E-state index is 2.66. The Labute approximate surface area is 110 Å². The molecule has 2 aliphatic rings. The molecule has 2 heterocycles. The van der Waals surface area contributed by atoms with Gasteiger partial charge in [-0.05, 0) is 31.5 Å². The van der Waals surface area contributed by atoms with Crippen LogP contribution in [0.4, 0.5) is 11.4 Å². The summed E-state index contributed by atoms with van der Waals surface area (Å²) in [6.07, 6.45) is 2.76. The number of fused-ring (bicyclic) bond motifs is 1. The van der Waals surface area contributed by atoms with Crippen LogP contribution >= 0.6 is 0 Å². The summed E-state index contributed by atoms with van der Waals surface area (Å²) in [5, 5.41) is 0. The molecule has 1 aromatic rings. The molecule has 0 aromatic heterocycles. The van der Waals surface area contributed by atoms with Crippen LogP contribution < -0.4 is 9.80 Å². The quantitative estimate of drug-likeness (QED) is 0.789. The summed E-state index contributed by atoms with van der Waals surface area (Å²) in [4.78, 5) is 7.45. The van der Waals surface area contributed by atoms with Gasteiger partial charge in [0.1, 0.15) is 0 Å². The van der Waals surface area contributed by atoms with Gasteiger partial charge in [-0.15, -0.1) is 0 Å². The van der Waals surface area contributed by atoms with Gasteiger partial charge in [-0.3, -0.25) is 4.90 Å². The minimum atomic E-state index is 0.786. The molecule has 1 aromatic carbocycles. The highest BCUT2D eigenvalue weighted by molar-refractivity contribution is 5.71. The van der Waals surface area contributed by atoms with E-state index >= 15 is 0 Å². The van der Waals surface area contributed by atoms with E-state index in [4.69, 9.17) is 0 Å². The predicted molar refractivity (Wildman–Crippen MR) is 77.6 cm³/mol. The van der Waals surface area contributed by atoms with Crippen molar-refractivity contribution < 1.29 is 0 Å². The van der Waals surface area contributed by atoms with Crippen molar-refractivity contribution in [2.24, 2.45) is 0 Å². The first-order valence-corrected chi connectivity index (χ1v) is 7.01. The average molecular weight is 245 g/mol. The molecule has 0 saturated carbocycles. The molecule has 3 heteroatoms. The van der Waals surface area contributed by atoms with Crippen molar-refractivity contribution in [3.63, 3.8) is 0 Å². The van der Waals surface area contributed by atoms with Crippen LogP contribution in [0.1, 0.15) is 12.8 Å². The summed E-state index contributed by atoms with van der Waals surface area (Å²) < 4.78 is 0. The van der Waals surface area contributed by atoms with Crippen molar-refractivity contribution in [2.75, 3.05) is 50.1 Å². The van der Waals surface area contributed by atoms with E-state index in [1.165, 1.54) is 50.4 Å². The zero-order valence-electron chi connectivity index (χ0n) is 11.5. The van der Waals surface area contributed by atoms with E-state index in [9.17, 15) is 0 Å². The minimum Gasteiger partial charge on any atom is -0.376 e. The molecule has 3 nitrogen and oxygen atoms in total. The molecule has 3 rings (SSSR count). The maximum Gasteiger partial charge on any atom is 0.0604 e. The fourth-order valence-electron chi connectivity index (χ4n) is 3.32. The lowest BCUT2D eigenvalue weighted by Crippen LogP contribution is -2.50. The second-order valence-corrected chi connectivity index (χ2v) is 5.66. The number of para-hydroxylation sites is 2. The Morgan fingerprint density at radius 1 is 1.11 bits per heavy atom. The number of hydrogen-bond acceptors (Lipinski definition) is 3. The van der Waals surface area contributed by atoms with Gasteiger partial charge in [0.25, 0.3) is 0 Å². The molecule has 1 atom stereocenters. The first-order chi connectivity index (χ1) is 8.75. The van der Waals surface area contributed by atoms with Crippen molar-refractivity contribution >= 4 is 11.4 Å². The van der Waals surface area contributed by atoms with Crippen LogP contribution in [0.5, 0.6) is 0 Å². The lowest BCUT2D eigenvalue weighted by atomic mass is 10.1. The third kappa shape index (κ3) is 2.07. The summed E-state index contributed by atoms with van der Waals surface area (Å²) in [6, 6.07) is 9.55. The summed E-state index contributed by atoms with van der Waals surface area (Å²) in [7, 11) is 4.26. The molecule has 0 spiro atoms. The smallest absolute Gasteiger partial charge is 0.0604 e. The zero-order valence-corrected chi connectivity index (χ0v) is 11.5. The van der Waals surface area contributed by atoms with Gasteiger partial charge in [-0.2, -0.15) is 0 Å². The van der Waals surface area contributed by atoms with Crippen LogP contribution in [0.15, 0.2) is 24.3 Å². The fraction of sp³-hybridized carbons (Fsp3) is 0.600. The lowest BCUT2D eigenvalue weighted by molar-refractivity contribution is 0.231. The molecule has 0 N–H and O–H groups in total. The van der Waals surface area contributed by atoms with Gasteiger partial charge in [-0.25, -0.2) is 0 Å². The Morgan fingerprint density at radius 3 is 2.78 bits per heavy atom. The molecule has 0 amide bonds. The molecular formula is C15H23N3. The van der Waals surface area contributed by atoms with Crippen molar-refractivity contribution in [2.45, 2.75) is 18.9 Å². The highest BCUT2D eigenvalue weighted by Crippen LogP contribution is 2.31. The number of benzene rings is 1. The van der Waals surface area contributed by atoms with E-state index in [1.807, 2.05) is 0 Å². The molecule has 1 unspecified atom stereocenters. The molecule has 2 fully saturated rings. The monoisotopic (exact) mass is 245 g/mol. The largest absolute Gasteiger partial charge is 0.376 e.